The Morgan fingerprint density at radius 1 is 1.38 bits per heavy atom. The standard InChI is InChI=1S/C13H15F2NO4S/c1-16(5-7-20-2)21(18,19)13-10(4-3-6-17)8-11(14)9-12(13)15/h8-9,17H,5-7H2,1-2H3. The molecule has 0 unspecified atom stereocenters. The molecule has 5 nitrogen and oxygen atoms in total. The number of hydrogen-bond donors (Lipinski definition) is 1. The molecule has 1 aromatic rings. The Labute approximate surface area is 122 Å². The number of hydrogen-bond acceptors (Lipinski definition) is 4. The van der Waals surface area contributed by atoms with Gasteiger partial charge >= 0.3 is 0 Å². The van der Waals surface area contributed by atoms with Crippen molar-refractivity contribution in [2.24, 2.45) is 0 Å². The fourth-order valence-corrected chi connectivity index (χ4v) is 2.87. The summed E-state index contributed by atoms with van der Waals surface area (Å²) >= 11 is 0. The van der Waals surface area contributed by atoms with E-state index in [-0.39, 0.29) is 18.7 Å². The third kappa shape index (κ3) is 4.22. The monoisotopic (exact) mass is 319 g/mol. The Bertz CT molecular complexity index is 665. The maximum Gasteiger partial charge on any atom is 0.247 e. The molecule has 0 aliphatic heterocycles. The molecule has 0 heterocycles. The van der Waals surface area contributed by atoms with Crippen molar-refractivity contribution >= 4 is 10.0 Å². The van der Waals surface area contributed by atoms with Gasteiger partial charge in [0.1, 0.15) is 23.1 Å². The van der Waals surface area contributed by atoms with Crippen LogP contribution in [-0.2, 0) is 14.8 Å². The van der Waals surface area contributed by atoms with Crippen LogP contribution in [0.4, 0.5) is 8.78 Å². The average Bonchev–Trinajstić information content (AvgIpc) is 2.41. The van der Waals surface area contributed by atoms with Crippen LogP contribution in [-0.4, -0.2) is 51.7 Å². The van der Waals surface area contributed by atoms with E-state index in [1.807, 2.05) is 0 Å². The highest BCUT2D eigenvalue weighted by molar-refractivity contribution is 7.89. The number of aliphatic hydroxyl groups is 1. The molecule has 1 rings (SSSR count). The SMILES string of the molecule is COCCN(C)S(=O)(=O)c1c(F)cc(F)cc1C#CCO. The van der Waals surface area contributed by atoms with Crippen LogP contribution in [0.25, 0.3) is 0 Å². The van der Waals surface area contributed by atoms with Gasteiger partial charge in [-0.2, -0.15) is 4.31 Å². The summed E-state index contributed by atoms with van der Waals surface area (Å²) in [7, 11) is -1.54. The Morgan fingerprint density at radius 3 is 2.62 bits per heavy atom. The number of aliphatic hydroxyl groups excluding tert-OH is 1. The maximum absolute atomic E-state index is 13.9. The summed E-state index contributed by atoms with van der Waals surface area (Å²) in [6.07, 6.45) is 0. The molecule has 0 spiro atoms. The molecular weight excluding hydrogens is 304 g/mol. The van der Waals surface area contributed by atoms with E-state index in [1.54, 1.807) is 0 Å². The second-order valence-electron chi connectivity index (χ2n) is 4.04. The summed E-state index contributed by atoms with van der Waals surface area (Å²) in [6, 6.07) is 1.28. The first-order chi connectivity index (χ1) is 9.84. The third-order valence-electron chi connectivity index (χ3n) is 2.59. The molecule has 0 amide bonds. The van der Waals surface area contributed by atoms with Crippen molar-refractivity contribution in [1.82, 2.24) is 4.31 Å². The van der Waals surface area contributed by atoms with Gasteiger partial charge < -0.3 is 9.84 Å². The van der Waals surface area contributed by atoms with Gasteiger partial charge in [-0.15, -0.1) is 0 Å². The topological polar surface area (TPSA) is 66.8 Å². The normalized spacial score (nSPS) is 11.3. The first-order valence-corrected chi connectivity index (χ1v) is 7.32. The summed E-state index contributed by atoms with van der Waals surface area (Å²) in [5.74, 6) is 2.24. The minimum Gasteiger partial charge on any atom is -0.384 e. The lowest BCUT2D eigenvalue weighted by Gasteiger charge is -2.18. The van der Waals surface area contributed by atoms with Crippen LogP contribution in [0.3, 0.4) is 0 Å². The molecule has 0 aliphatic carbocycles. The quantitative estimate of drug-likeness (QED) is 0.806. The van der Waals surface area contributed by atoms with Gasteiger partial charge in [-0.1, -0.05) is 11.8 Å². The van der Waals surface area contributed by atoms with E-state index in [0.717, 1.165) is 10.4 Å². The molecule has 0 fully saturated rings. The summed E-state index contributed by atoms with van der Waals surface area (Å²) in [5.41, 5.74) is -0.342. The molecule has 0 radical (unpaired) electrons. The largest absolute Gasteiger partial charge is 0.384 e. The first-order valence-electron chi connectivity index (χ1n) is 5.88. The van der Waals surface area contributed by atoms with Crippen molar-refractivity contribution in [2.75, 3.05) is 33.9 Å². The smallest absolute Gasteiger partial charge is 0.247 e. The van der Waals surface area contributed by atoms with E-state index in [9.17, 15) is 17.2 Å². The fraction of sp³-hybridized carbons (Fsp3) is 0.385. The second kappa shape index (κ2) is 7.47. The zero-order valence-electron chi connectivity index (χ0n) is 11.6. The van der Waals surface area contributed by atoms with E-state index in [4.69, 9.17) is 9.84 Å². The third-order valence-corrected chi connectivity index (χ3v) is 4.52. The molecule has 0 aromatic heterocycles. The first kappa shape index (κ1) is 17.5. The highest BCUT2D eigenvalue weighted by Gasteiger charge is 2.28. The zero-order valence-corrected chi connectivity index (χ0v) is 12.4. The Balaban J connectivity index is 3.40. The number of nitrogens with zero attached hydrogens (tertiary/aromatic N) is 1. The lowest BCUT2D eigenvalue weighted by Crippen LogP contribution is -2.31. The molecule has 0 saturated heterocycles. The maximum atomic E-state index is 13.9. The minimum absolute atomic E-state index is 0.00250. The van der Waals surface area contributed by atoms with Crippen molar-refractivity contribution in [1.29, 1.82) is 0 Å². The van der Waals surface area contributed by atoms with Gasteiger partial charge in [0.25, 0.3) is 0 Å². The van der Waals surface area contributed by atoms with Gasteiger partial charge in [-0.3, -0.25) is 0 Å². The molecule has 0 bridgehead atoms. The fourth-order valence-electron chi connectivity index (χ4n) is 1.55. The van der Waals surface area contributed by atoms with Gasteiger partial charge in [0.15, 0.2) is 0 Å². The molecule has 1 N–H and O–H groups in total. The van der Waals surface area contributed by atoms with Crippen LogP contribution in [0.2, 0.25) is 0 Å². The lowest BCUT2D eigenvalue weighted by atomic mass is 10.2. The van der Waals surface area contributed by atoms with E-state index < -0.39 is 33.2 Å². The number of sulfonamides is 1. The lowest BCUT2D eigenvalue weighted by molar-refractivity contribution is 0.185. The van der Waals surface area contributed by atoms with Crippen LogP contribution in [0.5, 0.6) is 0 Å². The summed E-state index contributed by atoms with van der Waals surface area (Å²) in [4.78, 5) is -0.719. The highest BCUT2D eigenvalue weighted by atomic mass is 32.2. The number of methoxy groups -OCH3 is 1. The van der Waals surface area contributed by atoms with E-state index >= 15 is 0 Å². The summed E-state index contributed by atoms with van der Waals surface area (Å²) in [5, 5.41) is 8.65. The predicted octanol–water partition coefficient (Wildman–Crippen LogP) is 0.576. The molecule has 1 aromatic carbocycles. The van der Waals surface area contributed by atoms with Crippen molar-refractivity contribution < 1.29 is 27.0 Å². The summed E-state index contributed by atoms with van der Waals surface area (Å²) in [6.45, 7) is -0.435. The molecule has 0 aliphatic rings. The Kier molecular flexibility index (Phi) is 6.23. The van der Waals surface area contributed by atoms with Crippen LogP contribution in [0.15, 0.2) is 17.0 Å². The number of ether oxygens (including phenoxy) is 1. The van der Waals surface area contributed by atoms with E-state index in [2.05, 4.69) is 11.8 Å². The number of benzene rings is 1. The Morgan fingerprint density at radius 2 is 2.05 bits per heavy atom. The average molecular weight is 319 g/mol. The predicted molar refractivity (Wildman–Crippen MR) is 72.0 cm³/mol. The molecule has 0 saturated carbocycles. The second-order valence-corrected chi connectivity index (χ2v) is 6.03. The van der Waals surface area contributed by atoms with Crippen LogP contribution < -0.4 is 0 Å². The highest BCUT2D eigenvalue weighted by Crippen LogP contribution is 2.23. The van der Waals surface area contributed by atoms with Crippen molar-refractivity contribution in [2.45, 2.75) is 4.90 Å². The minimum atomic E-state index is -4.19. The van der Waals surface area contributed by atoms with Crippen LogP contribution >= 0.6 is 0 Å². The molecule has 116 valence electrons. The molecule has 21 heavy (non-hydrogen) atoms. The number of rotatable bonds is 5. The van der Waals surface area contributed by atoms with Gasteiger partial charge in [-0.05, 0) is 6.07 Å². The van der Waals surface area contributed by atoms with Crippen molar-refractivity contribution in [3.63, 3.8) is 0 Å². The molecule has 0 atom stereocenters. The van der Waals surface area contributed by atoms with E-state index in [0.29, 0.717) is 6.07 Å². The molecule has 8 heteroatoms. The van der Waals surface area contributed by atoms with Gasteiger partial charge in [0.2, 0.25) is 10.0 Å². The summed E-state index contributed by atoms with van der Waals surface area (Å²) < 4.78 is 57.5. The zero-order chi connectivity index (χ0) is 16.0. The number of halogens is 2. The molecular formula is C13H15F2NO4S. The number of likely N-dealkylation sites (N-methyl/N-ethyl adjacent to an activating group) is 1. The van der Waals surface area contributed by atoms with Crippen LogP contribution in [0.1, 0.15) is 5.56 Å². The van der Waals surface area contributed by atoms with Crippen molar-refractivity contribution in [3.8, 4) is 11.8 Å². The van der Waals surface area contributed by atoms with E-state index in [1.165, 1.54) is 14.2 Å². The Hall–Kier alpha value is -1.53. The van der Waals surface area contributed by atoms with Gasteiger partial charge in [-0.25, -0.2) is 17.2 Å². The van der Waals surface area contributed by atoms with Gasteiger partial charge in [0, 0.05) is 26.8 Å². The van der Waals surface area contributed by atoms with Gasteiger partial charge in [0.05, 0.1) is 12.2 Å². The van der Waals surface area contributed by atoms with Crippen molar-refractivity contribution in [3.05, 3.63) is 29.3 Å². The van der Waals surface area contributed by atoms with Crippen LogP contribution in [0, 0.1) is 23.5 Å².